The molecule has 0 radical (unpaired) electrons. The number of carbonyl (C=O) groups is 2. The van der Waals surface area contributed by atoms with Crippen molar-refractivity contribution in [2.75, 3.05) is 0 Å². The van der Waals surface area contributed by atoms with Crippen LogP contribution in [0.3, 0.4) is 0 Å². The van der Waals surface area contributed by atoms with Gasteiger partial charge in [0, 0.05) is 16.6 Å². The number of Topliss-reactive ketones (excluding diaryl/α,β-unsaturated/α-hetero) is 2. The summed E-state index contributed by atoms with van der Waals surface area (Å²) < 4.78 is 0. The van der Waals surface area contributed by atoms with Crippen molar-refractivity contribution < 1.29 is 14.7 Å². The molecule has 0 bridgehead atoms. The van der Waals surface area contributed by atoms with E-state index < -0.39 is 12.0 Å². The maximum atomic E-state index is 12.9. The molecule has 0 aromatic carbocycles. The third-order valence-corrected chi connectivity index (χ3v) is 6.26. The van der Waals surface area contributed by atoms with E-state index >= 15 is 0 Å². The number of carbonyl (C=O) groups excluding carboxylic acids is 2. The fraction of sp³-hybridized carbons (Fsp3) is 0.600. The lowest BCUT2D eigenvalue weighted by molar-refractivity contribution is -0.137. The van der Waals surface area contributed by atoms with Gasteiger partial charge in [-0.3, -0.25) is 9.59 Å². The van der Waals surface area contributed by atoms with Gasteiger partial charge in [0.25, 0.3) is 0 Å². The van der Waals surface area contributed by atoms with E-state index in [-0.39, 0.29) is 28.3 Å². The van der Waals surface area contributed by atoms with Crippen LogP contribution in [0.15, 0.2) is 36.0 Å². The highest BCUT2D eigenvalue weighted by Gasteiger charge is 2.55. The van der Waals surface area contributed by atoms with E-state index in [1.54, 1.807) is 6.08 Å². The molecule has 23 heavy (non-hydrogen) atoms. The standard InChI is InChI=1S/C20H26O3/c1-5-7-13-16(21)12-8-9-14-19(2,3)10-6-11-20(14,4)15(12)18(23)17(13)22/h5,8-9,13-14,17,22H,1,6-7,10-11H2,2-4H3/t13?,14?,17?,20-/m0/s1. The molecule has 3 unspecified atom stereocenters. The summed E-state index contributed by atoms with van der Waals surface area (Å²) in [5.74, 6) is -0.810. The minimum Gasteiger partial charge on any atom is -0.384 e. The summed E-state index contributed by atoms with van der Waals surface area (Å²) in [6, 6.07) is 0. The molecule has 1 N–H and O–H groups in total. The maximum absolute atomic E-state index is 12.9. The van der Waals surface area contributed by atoms with Crippen LogP contribution in [0.1, 0.15) is 46.5 Å². The molecule has 0 saturated heterocycles. The van der Waals surface area contributed by atoms with Gasteiger partial charge in [0.05, 0.1) is 5.92 Å². The Morgan fingerprint density at radius 2 is 1.96 bits per heavy atom. The Kier molecular flexibility index (Phi) is 3.75. The number of aliphatic hydroxyl groups is 1. The first-order chi connectivity index (χ1) is 10.7. The molecular formula is C20H26O3. The summed E-state index contributed by atoms with van der Waals surface area (Å²) in [7, 11) is 0. The predicted molar refractivity (Wildman–Crippen MR) is 89.7 cm³/mol. The van der Waals surface area contributed by atoms with Crippen molar-refractivity contribution >= 4 is 11.6 Å². The van der Waals surface area contributed by atoms with Crippen molar-refractivity contribution in [1.82, 2.24) is 0 Å². The average molecular weight is 314 g/mol. The lowest BCUT2D eigenvalue weighted by Crippen LogP contribution is -2.52. The van der Waals surface area contributed by atoms with Crippen LogP contribution < -0.4 is 0 Å². The highest BCUT2D eigenvalue weighted by molar-refractivity contribution is 6.17. The second-order valence-corrected chi connectivity index (χ2v) is 8.19. The molecule has 1 saturated carbocycles. The predicted octanol–water partition coefficient (Wildman–Crippen LogP) is 3.39. The van der Waals surface area contributed by atoms with Crippen molar-refractivity contribution in [2.45, 2.75) is 52.6 Å². The van der Waals surface area contributed by atoms with Crippen LogP contribution in [-0.4, -0.2) is 22.8 Å². The van der Waals surface area contributed by atoms with Crippen molar-refractivity contribution in [2.24, 2.45) is 22.7 Å². The quantitative estimate of drug-likeness (QED) is 0.795. The smallest absolute Gasteiger partial charge is 0.189 e. The summed E-state index contributed by atoms with van der Waals surface area (Å²) in [6.45, 7) is 10.2. The van der Waals surface area contributed by atoms with Gasteiger partial charge in [-0.25, -0.2) is 0 Å². The molecule has 3 aliphatic carbocycles. The van der Waals surface area contributed by atoms with Crippen LogP contribution in [-0.2, 0) is 9.59 Å². The molecule has 1 fully saturated rings. The van der Waals surface area contributed by atoms with Crippen molar-refractivity contribution in [3.8, 4) is 0 Å². The lowest BCUT2D eigenvalue weighted by Gasteiger charge is -2.53. The second kappa shape index (κ2) is 5.27. The fourth-order valence-corrected chi connectivity index (χ4v) is 5.13. The summed E-state index contributed by atoms with van der Waals surface area (Å²) in [6.07, 6.45) is 7.73. The first-order valence-corrected chi connectivity index (χ1v) is 8.54. The van der Waals surface area contributed by atoms with E-state index in [9.17, 15) is 14.7 Å². The molecule has 124 valence electrons. The molecule has 0 amide bonds. The molecule has 3 rings (SSSR count). The lowest BCUT2D eigenvalue weighted by atomic mass is 9.50. The third kappa shape index (κ3) is 2.20. The van der Waals surface area contributed by atoms with E-state index in [1.807, 2.05) is 6.08 Å². The number of hydrogen-bond acceptors (Lipinski definition) is 3. The number of rotatable bonds is 2. The third-order valence-electron chi connectivity index (χ3n) is 6.26. The van der Waals surface area contributed by atoms with Gasteiger partial charge in [0.1, 0.15) is 6.10 Å². The van der Waals surface area contributed by atoms with Gasteiger partial charge in [0.15, 0.2) is 11.6 Å². The zero-order valence-electron chi connectivity index (χ0n) is 14.3. The minimum atomic E-state index is -1.23. The summed E-state index contributed by atoms with van der Waals surface area (Å²) >= 11 is 0. The number of aliphatic hydroxyl groups excluding tert-OH is 1. The van der Waals surface area contributed by atoms with Gasteiger partial charge in [-0.15, -0.1) is 6.58 Å². The van der Waals surface area contributed by atoms with Crippen molar-refractivity contribution in [1.29, 1.82) is 0 Å². The molecule has 4 atom stereocenters. The monoisotopic (exact) mass is 314 g/mol. The molecule has 0 heterocycles. The largest absolute Gasteiger partial charge is 0.384 e. The summed E-state index contributed by atoms with van der Waals surface area (Å²) in [5, 5.41) is 10.4. The van der Waals surface area contributed by atoms with Crippen LogP contribution in [0.4, 0.5) is 0 Å². The molecular weight excluding hydrogens is 288 g/mol. The SMILES string of the molecule is C=CCC1C(=O)C2=C(C(=O)C1O)[C@@]1(C)CCCC(C)(C)C1C=C2. The second-order valence-electron chi connectivity index (χ2n) is 8.19. The number of allylic oxidation sites excluding steroid dienone is 4. The molecule has 0 aliphatic heterocycles. The van der Waals surface area contributed by atoms with Gasteiger partial charge in [-0.2, -0.15) is 0 Å². The van der Waals surface area contributed by atoms with Crippen LogP contribution in [0.25, 0.3) is 0 Å². The average Bonchev–Trinajstić information content (AvgIpc) is 2.47. The molecule has 0 aromatic rings. The van der Waals surface area contributed by atoms with Crippen molar-refractivity contribution in [3.05, 3.63) is 36.0 Å². The Bertz CT molecular complexity index is 637. The highest BCUT2D eigenvalue weighted by Crippen LogP contribution is 2.58. The Morgan fingerprint density at radius 3 is 2.61 bits per heavy atom. The molecule has 3 aliphatic rings. The first-order valence-electron chi connectivity index (χ1n) is 8.54. The summed E-state index contributed by atoms with van der Waals surface area (Å²) in [5.41, 5.74) is 0.853. The van der Waals surface area contributed by atoms with Crippen LogP contribution in [0.2, 0.25) is 0 Å². The van der Waals surface area contributed by atoms with Gasteiger partial charge in [-0.05, 0) is 30.6 Å². The van der Waals surface area contributed by atoms with Gasteiger partial charge in [-0.1, -0.05) is 45.4 Å². The van der Waals surface area contributed by atoms with E-state index in [0.29, 0.717) is 17.6 Å². The normalized spacial score (nSPS) is 39.0. The Morgan fingerprint density at radius 1 is 1.26 bits per heavy atom. The van der Waals surface area contributed by atoms with E-state index in [2.05, 4.69) is 33.4 Å². The van der Waals surface area contributed by atoms with Gasteiger partial charge >= 0.3 is 0 Å². The van der Waals surface area contributed by atoms with Gasteiger partial charge in [0.2, 0.25) is 0 Å². The topological polar surface area (TPSA) is 54.4 Å². The number of ketones is 2. The first kappa shape index (κ1) is 16.4. The molecule has 3 nitrogen and oxygen atoms in total. The van der Waals surface area contributed by atoms with Gasteiger partial charge < -0.3 is 5.11 Å². The Balaban J connectivity index is 2.13. The fourth-order valence-electron chi connectivity index (χ4n) is 5.13. The highest BCUT2D eigenvalue weighted by atomic mass is 16.3. The number of hydrogen-bond donors (Lipinski definition) is 1. The maximum Gasteiger partial charge on any atom is 0.189 e. The zero-order valence-corrected chi connectivity index (χ0v) is 14.3. The Hall–Kier alpha value is -1.48. The molecule has 3 heteroatoms. The van der Waals surface area contributed by atoms with Crippen LogP contribution in [0, 0.1) is 22.7 Å². The van der Waals surface area contributed by atoms with Crippen LogP contribution in [0.5, 0.6) is 0 Å². The van der Waals surface area contributed by atoms with E-state index in [4.69, 9.17) is 0 Å². The molecule has 0 aromatic heterocycles. The Labute approximate surface area is 138 Å². The molecule has 0 spiro atoms. The van der Waals surface area contributed by atoms with E-state index in [1.165, 1.54) is 0 Å². The summed E-state index contributed by atoms with van der Waals surface area (Å²) in [4.78, 5) is 25.7. The van der Waals surface area contributed by atoms with Crippen LogP contribution >= 0.6 is 0 Å². The number of fused-ring (bicyclic) bond motifs is 2. The van der Waals surface area contributed by atoms with Crippen molar-refractivity contribution in [3.63, 3.8) is 0 Å². The van der Waals surface area contributed by atoms with E-state index in [0.717, 1.165) is 19.3 Å². The zero-order chi connectivity index (χ0) is 17.0. The minimum absolute atomic E-state index is 0.0915.